The number of carbonyl (C=O) groups excluding carboxylic acids is 2. The van der Waals surface area contributed by atoms with E-state index in [4.69, 9.17) is 0 Å². The van der Waals surface area contributed by atoms with Gasteiger partial charge in [-0.15, -0.1) is 15.2 Å². The Morgan fingerprint density at radius 1 is 1.37 bits per heavy atom. The summed E-state index contributed by atoms with van der Waals surface area (Å²) in [4.78, 5) is 26.0. The molecule has 1 N–H and O–H groups in total. The van der Waals surface area contributed by atoms with Gasteiger partial charge in [0.05, 0.1) is 0 Å². The highest BCUT2D eigenvalue weighted by molar-refractivity contribution is 7.38. The van der Waals surface area contributed by atoms with Crippen molar-refractivity contribution in [3.8, 4) is 0 Å². The van der Waals surface area contributed by atoms with Crippen molar-refractivity contribution in [3.05, 3.63) is 12.7 Å². The van der Waals surface area contributed by atoms with Crippen molar-refractivity contribution in [3.63, 3.8) is 0 Å². The molecule has 1 unspecified atom stereocenters. The number of nitrogens with zero attached hydrogens (tertiary/aromatic N) is 1. The summed E-state index contributed by atoms with van der Waals surface area (Å²) >= 11 is 0. The van der Waals surface area contributed by atoms with Gasteiger partial charge >= 0.3 is 0 Å². The van der Waals surface area contributed by atoms with Crippen LogP contribution < -0.4 is 5.32 Å². The van der Waals surface area contributed by atoms with Gasteiger partial charge < -0.3 is 10.2 Å². The lowest BCUT2D eigenvalue weighted by Gasteiger charge is -2.24. The van der Waals surface area contributed by atoms with E-state index in [1.807, 2.05) is 6.08 Å². The Balaban J connectivity index is 1.77. The fourth-order valence-electron chi connectivity index (χ4n) is 2.41. The zero-order valence-electron chi connectivity index (χ0n) is 11.4. The highest BCUT2D eigenvalue weighted by Crippen LogP contribution is 2.23. The van der Waals surface area contributed by atoms with Gasteiger partial charge in [-0.1, -0.05) is 6.08 Å². The van der Waals surface area contributed by atoms with E-state index in [-0.39, 0.29) is 17.9 Å². The van der Waals surface area contributed by atoms with E-state index in [9.17, 15) is 9.59 Å². The van der Waals surface area contributed by atoms with E-state index in [0.717, 1.165) is 53.1 Å². The molecule has 19 heavy (non-hydrogen) atoms. The molecule has 0 spiro atoms. The third-order valence-corrected chi connectivity index (χ3v) is 4.78. The Hall–Kier alpha value is -0.890. The molecular weight excluding hydrogens is 259 g/mol. The van der Waals surface area contributed by atoms with E-state index in [1.54, 1.807) is 4.90 Å². The third-order valence-electron chi connectivity index (χ3n) is 3.60. The summed E-state index contributed by atoms with van der Waals surface area (Å²) in [6.07, 6.45) is 8.31. The molecule has 1 heterocycles. The van der Waals surface area contributed by atoms with Crippen molar-refractivity contribution in [1.29, 1.82) is 0 Å². The summed E-state index contributed by atoms with van der Waals surface area (Å²) in [5.41, 5.74) is 0. The van der Waals surface area contributed by atoms with Crippen molar-refractivity contribution in [2.75, 3.05) is 18.9 Å². The SMILES string of the molecule is C=CCPCCC(=O)N1CCC[C@H]1C(=O)NC1CC1. The second-order valence-electron chi connectivity index (χ2n) is 5.27. The molecule has 1 aliphatic carbocycles. The number of nitrogens with one attached hydrogen (secondary N) is 1. The van der Waals surface area contributed by atoms with Crippen LogP contribution >= 0.6 is 8.58 Å². The number of carbonyl (C=O) groups is 2. The van der Waals surface area contributed by atoms with Crippen LogP contribution in [0.15, 0.2) is 12.7 Å². The van der Waals surface area contributed by atoms with Gasteiger partial charge in [0.1, 0.15) is 6.04 Å². The maximum absolute atomic E-state index is 12.1. The van der Waals surface area contributed by atoms with E-state index in [0.29, 0.717) is 12.5 Å². The monoisotopic (exact) mass is 282 g/mol. The first-order valence-electron chi connectivity index (χ1n) is 7.14. The highest BCUT2D eigenvalue weighted by atomic mass is 31.1. The normalized spacial score (nSPS) is 22.9. The Morgan fingerprint density at radius 2 is 2.16 bits per heavy atom. The van der Waals surface area contributed by atoms with Crippen molar-refractivity contribution in [1.82, 2.24) is 10.2 Å². The summed E-state index contributed by atoms with van der Waals surface area (Å²) < 4.78 is 0. The lowest BCUT2D eigenvalue weighted by molar-refractivity contribution is -0.138. The average molecular weight is 282 g/mol. The van der Waals surface area contributed by atoms with E-state index >= 15 is 0 Å². The zero-order valence-corrected chi connectivity index (χ0v) is 12.4. The first-order chi connectivity index (χ1) is 9.22. The van der Waals surface area contributed by atoms with Crippen LogP contribution in [0.4, 0.5) is 0 Å². The number of likely N-dealkylation sites (tertiary alicyclic amines) is 1. The maximum atomic E-state index is 12.1. The Kier molecular flexibility index (Phi) is 5.38. The first kappa shape index (κ1) is 14.5. The largest absolute Gasteiger partial charge is 0.352 e. The molecule has 1 aliphatic heterocycles. The second kappa shape index (κ2) is 7.04. The minimum absolute atomic E-state index is 0.0573. The van der Waals surface area contributed by atoms with Crippen LogP contribution in [-0.4, -0.2) is 47.7 Å². The lowest BCUT2D eigenvalue weighted by Crippen LogP contribution is -2.46. The van der Waals surface area contributed by atoms with Gasteiger partial charge in [0.15, 0.2) is 0 Å². The summed E-state index contributed by atoms with van der Waals surface area (Å²) in [5, 5.41) is 3.01. The average Bonchev–Trinajstić information content (AvgIpc) is 3.07. The van der Waals surface area contributed by atoms with Gasteiger partial charge in [-0.2, -0.15) is 0 Å². The number of rotatable bonds is 7. The standard InChI is InChI=1S/C14H23N2O2P/c1-2-9-19-10-7-13(17)16-8-3-4-12(16)14(18)15-11-5-6-11/h2,11-12,19H,1,3-10H2,(H,15,18)/t12-/m0/s1. The van der Waals surface area contributed by atoms with Crippen LogP contribution in [-0.2, 0) is 9.59 Å². The number of amides is 2. The molecule has 4 nitrogen and oxygen atoms in total. The molecular formula is C14H23N2O2P. The van der Waals surface area contributed by atoms with E-state index in [2.05, 4.69) is 11.9 Å². The summed E-state index contributed by atoms with van der Waals surface area (Å²) in [6, 6.07) is 0.162. The number of hydrogen-bond donors (Lipinski definition) is 1. The molecule has 1 saturated carbocycles. The van der Waals surface area contributed by atoms with Gasteiger partial charge in [-0.25, -0.2) is 0 Å². The molecule has 0 radical (unpaired) electrons. The van der Waals surface area contributed by atoms with Crippen LogP contribution in [0, 0.1) is 0 Å². The molecule has 0 bridgehead atoms. The minimum Gasteiger partial charge on any atom is -0.352 e. The quantitative estimate of drug-likeness (QED) is 0.437. The predicted molar refractivity (Wildman–Crippen MR) is 78.8 cm³/mol. The van der Waals surface area contributed by atoms with Crippen LogP contribution in [0.25, 0.3) is 0 Å². The molecule has 2 fully saturated rings. The van der Waals surface area contributed by atoms with Crippen molar-refractivity contribution in [2.24, 2.45) is 0 Å². The van der Waals surface area contributed by atoms with Crippen LogP contribution in [0.2, 0.25) is 0 Å². The van der Waals surface area contributed by atoms with Gasteiger partial charge in [-0.3, -0.25) is 9.59 Å². The van der Waals surface area contributed by atoms with Crippen LogP contribution in [0.5, 0.6) is 0 Å². The summed E-state index contributed by atoms with van der Waals surface area (Å²) in [5.74, 6) is 0.201. The van der Waals surface area contributed by atoms with Gasteiger partial charge in [0, 0.05) is 19.0 Å². The topological polar surface area (TPSA) is 49.4 Å². The zero-order chi connectivity index (χ0) is 13.7. The Labute approximate surface area is 116 Å². The van der Waals surface area contributed by atoms with Crippen molar-refractivity contribution in [2.45, 2.75) is 44.2 Å². The maximum Gasteiger partial charge on any atom is 0.243 e. The molecule has 5 heteroatoms. The van der Waals surface area contributed by atoms with Crippen molar-refractivity contribution >= 4 is 20.4 Å². The highest BCUT2D eigenvalue weighted by Gasteiger charge is 2.35. The van der Waals surface area contributed by atoms with Gasteiger partial charge in [-0.05, 0) is 38.0 Å². The second-order valence-corrected chi connectivity index (χ2v) is 6.68. The molecule has 0 aromatic carbocycles. The smallest absolute Gasteiger partial charge is 0.243 e. The van der Waals surface area contributed by atoms with Gasteiger partial charge in [0.25, 0.3) is 0 Å². The van der Waals surface area contributed by atoms with Crippen LogP contribution in [0.3, 0.4) is 0 Å². The first-order valence-corrected chi connectivity index (χ1v) is 8.55. The molecule has 1 saturated heterocycles. The summed E-state index contributed by atoms with van der Waals surface area (Å²) in [7, 11) is 0.768. The fraction of sp³-hybridized carbons (Fsp3) is 0.714. The fourth-order valence-corrected chi connectivity index (χ4v) is 3.20. The van der Waals surface area contributed by atoms with Crippen molar-refractivity contribution < 1.29 is 9.59 Å². The molecule has 2 aliphatic rings. The molecule has 2 amide bonds. The third kappa shape index (κ3) is 4.31. The molecule has 106 valence electrons. The predicted octanol–water partition coefficient (Wildman–Crippen LogP) is 1.51. The molecule has 2 rings (SSSR count). The van der Waals surface area contributed by atoms with Gasteiger partial charge in [0.2, 0.25) is 11.8 Å². The molecule has 0 aromatic rings. The summed E-state index contributed by atoms with van der Waals surface area (Å²) in [6.45, 7) is 4.42. The van der Waals surface area contributed by atoms with Crippen LogP contribution in [0.1, 0.15) is 32.1 Å². The van der Waals surface area contributed by atoms with E-state index < -0.39 is 0 Å². The number of hydrogen-bond acceptors (Lipinski definition) is 2. The molecule has 2 atom stereocenters. The molecule has 0 aromatic heterocycles. The number of allylic oxidation sites excluding steroid dienone is 1. The Bertz CT molecular complexity index is 355. The minimum atomic E-state index is -0.212. The Morgan fingerprint density at radius 3 is 2.84 bits per heavy atom. The lowest BCUT2D eigenvalue weighted by atomic mass is 10.2. The van der Waals surface area contributed by atoms with E-state index in [1.165, 1.54) is 0 Å².